The van der Waals surface area contributed by atoms with Crippen molar-refractivity contribution in [2.45, 2.75) is 19.9 Å². The Labute approximate surface area is 89.5 Å². The Bertz CT molecular complexity index is 226. The van der Waals surface area contributed by atoms with Gasteiger partial charge in [-0.25, -0.2) is 4.98 Å². The molecule has 3 nitrogen and oxygen atoms in total. The molecule has 0 radical (unpaired) electrons. The zero-order chi connectivity index (χ0) is 10.2. The van der Waals surface area contributed by atoms with Crippen molar-refractivity contribution in [3.63, 3.8) is 0 Å². The molecule has 1 aromatic heterocycles. The third-order valence-corrected chi connectivity index (χ3v) is 3.36. The van der Waals surface area contributed by atoms with Crippen LogP contribution in [0.3, 0.4) is 0 Å². The number of thioether (sulfide) groups is 1. The smallest absolute Gasteiger partial charge is 0.0945 e. The average molecular weight is 214 g/mol. The second kappa shape index (κ2) is 6.90. The van der Waals surface area contributed by atoms with E-state index < -0.39 is 0 Å². The maximum atomic E-state index is 8.82. The number of aryl methyl sites for hydroxylation is 1. The lowest BCUT2D eigenvalue weighted by Gasteiger charge is -2.06. The van der Waals surface area contributed by atoms with Gasteiger partial charge in [0, 0.05) is 25.5 Å². The minimum atomic E-state index is 0.300. The summed E-state index contributed by atoms with van der Waals surface area (Å²) >= 11 is 1.91. The Morgan fingerprint density at radius 3 is 3.07 bits per heavy atom. The molecular formula is C10H18N2OS. The minimum Gasteiger partial charge on any atom is -0.396 e. The van der Waals surface area contributed by atoms with E-state index in [4.69, 9.17) is 5.11 Å². The van der Waals surface area contributed by atoms with Crippen molar-refractivity contribution < 1.29 is 5.11 Å². The van der Waals surface area contributed by atoms with Crippen LogP contribution in [-0.4, -0.2) is 32.8 Å². The summed E-state index contributed by atoms with van der Waals surface area (Å²) in [6.45, 7) is 3.41. The molecule has 0 aromatic carbocycles. The summed E-state index contributed by atoms with van der Waals surface area (Å²) < 4.78 is 2.09. The number of nitrogens with zero attached hydrogens (tertiary/aromatic N) is 2. The standard InChI is InChI=1S/C10H18N2OS/c1-10(7-13)8-14-6-2-4-12-5-3-11-9-12/h3,5,9-10,13H,2,4,6-8H2,1H3. The van der Waals surface area contributed by atoms with Crippen molar-refractivity contribution in [3.05, 3.63) is 18.7 Å². The van der Waals surface area contributed by atoms with E-state index in [1.165, 1.54) is 6.42 Å². The van der Waals surface area contributed by atoms with Crippen LogP contribution in [0.2, 0.25) is 0 Å². The van der Waals surface area contributed by atoms with Gasteiger partial charge in [-0.15, -0.1) is 0 Å². The molecular weight excluding hydrogens is 196 g/mol. The molecule has 1 N–H and O–H groups in total. The highest BCUT2D eigenvalue weighted by Gasteiger charge is 1.99. The molecule has 14 heavy (non-hydrogen) atoms. The Morgan fingerprint density at radius 1 is 1.57 bits per heavy atom. The predicted octanol–water partition coefficient (Wildman–Crippen LogP) is 1.63. The van der Waals surface area contributed by atoms with Gasteiger partial charge in [0.25, 0.3) is 0 Å². The van der Waals surface area contributed by atoms with Crippen LogP contribution in [0.5, 0.6) is 0 Å². The van der Waals surface area contributed by atoms with Crippen LogP contribution in [-0.2, 0) is 6.54 Å². The van der Waals surface area contributed by atoms with Gasteiger partial charge in [-0.1, -0.05) is 6.92 Å². The zero-order valence-corrected chi connectivity index (χ0v) is 9.41. The molecule has 4 heteroatoms. The molecule has 80 valence electrons. The highest BCUT2D eigenvalue weighted by Crippen LogP contribution is 2.09. The lowest BCUT2D eigenvalue weighted by Crippen LogP contribution is -2.04. The SMILES string of the molecule is CC(CO)CSCCCn1ccnc1. The summed E-state index contributed by atoms with van der Waals surface area (Å²) in [5.74, 6) is 2.64. The van der Waals surface area contributed by atoms with Crippen molar-refractivity contribution >= 4 is 11.8 Å². The number of imidazole rings is 1. The number of hydrogen-bond acceptors (Lipinski definition) is 3. The Balaban J connectivity index is 1.95. The van der Waals surface area contributed by atoms with Crippen molar-refractivity contribution in [2.24, 2.45) is 5.92 Å². The molecule has 0 amide bonds. The van der Waals surface area contributed by atoms with Crippen LogP contribution in [0.25, 0.3) is 0 Å². The van der Waals surface area contributed by atoms with E-state index in [0.29, 0.717) is 12.5 Å². The molecule has 1 aromatic rings. The van der Waals surface area contributed by atoms with Crippen LogP contribution in [0.15, 0.2) is 18.7 Å². The molecule has 0 saturated heterocycles. The third-order valence-electron chi connectivity index (χ3n) is 1.98. The molecule has 0 fully saturated rings. The van der Waals surface area contributed by atoms with Crippen molar-refractivity contribution in [1.82, 2.24) is 9.55 Å². The number of aliphatic hydroxyl groups excluding tert-OH is 1. The van der Waals surface area contributed by atoms with Crippen LogP contribution in [0.1, 0.15) is 13.3 Å². The first kappa shape index (κ1) is 11.6. The Kier molecular flexibility index (Phi) is 5.71. The average Bonchev–Trinajstić information content (AvgIpc) is 2.69. The molecule has 0 aliphatic heterocycles. The van der Waals surface area contributed by atoms with Crippen molar-refractivity contribution in [1.29, 1.82) is 0 Å². The molecule has 0 bridgehead atoms. The van der Waals surface area contributed by atoms with Gasteiger partial charge in [0.2, 0.25) is 0 Å². The van der Waals surface area contributed by atoms with E-state index in [9.17, 15) is 0 Å². The summed E-state index contributed by atoms with van der Waals surface area (Å²) in [7, 11) is 0. The maximum Gasteiger partial charge on any atom is 0.0945 e. The molecule has 1 atom stereocenters. The summed E-state index contributed by atoms with van der Waals surface area (Å²) in [6.07, 6.45) is 6.81. The second-order valence-corrected chi connectivity index (χ2v) is 4.67. The molecule has 1 rings (SSSR count). The van der Waals surface area contributed by atoms with E-state index in [0.717, 1.165) is 18.1 Å². The number of aliphatic hydroxyl groups is 1. The van der Waals surface area contributed by atoms with Crippen LogP contribution in [0, 0.1) is 5.92 Å². The number of hydrogen-bond donors (Lipinski definition) is 1. The van der Waals surface area contributed by atoms with Gasteiger partial charge >= 0.3 is 0 Å². The summed E-state index contributed by atoms with van der Waals surface area (Å²) in [5, 5.41) is 8.82. The summed E-state index contributed by atoms with van der Waals surface area (Å²) in [4.78, 5) is 3.99. The topological polar surface area (TPSA) is 38.0 Å². The molecule has 1 heterocycles. The lowest BCUT2D eigenvalue weighted by molar-refractivity contribution is 0.250. The largest absolute Gasteiger partial charge is 0.396 e. The fourth-order valence-corrected chi connectivity index (χ4v) is 2.11. The quantitative estimate of drug-likeness (QED) is 0.701. The van der Waals surface area contributed by atoms with Crippen molar-refractivity contribution in [2.75, 3.05) is 18.1 Å². The monoisotopic (exact) mass is 214 g/mol. The first-order chi connectivity index (χ1) is 6.83. The summed E-state index contributed by atoms with van der Waals surface area (Å²) in [6, 6.07) is 0. The Hall–Kier alpha value is -0.480. The van der Waals surface area contributed by atoms with Gasteiger partial charge in [0.15, 0.2) is 0 Å². The van der Waals surface area contributed by atoms with E-state index >= 15 is 0 Å². The van der Waals surface area contributed by atoms with Gasteiger partial charge in [-0.2, -0.15) is 11.8 Å². The van der Waals surface area contributed by atoms with Gasteiger partial charge in [-0.3, -0.25) is 0 Å². The predicted molar refractivity (Wildman–Crippen MR) is 60.4 cm³/mol. The first-order valence-electron chi connectivity index (χ1n) is 4.97. The number of aromatic nitrogens is 2. The van der Waals surface area contributed by atoms with Crippen molar-refractivity contribution in [3.8, 4) is 0 Å². The maximum absolute atomic E-state index is 8.82. The lowest BCUT2D eigenvalue weighted by atomic mass is 10.2. The third kappa shape index (κ3) is 4.67. The fourth-order valence-electron chi connectivity index (χ4n) is 1.11. The molecule has 1 unspecified atom stereocenters. The van der Waals surface area contributed by atoms with Crippen LogP contribution >= 0.6 is 11.8 Å². The Morgan fingerprint density at radius 2 is 2.43 bits per heavy atom. The molecule has 0 saturated carbocycles. The van der Waals surface area contributed by atoms with Gasteiger partial charge in [0.05, 0.1) is 6.33 Å². The van der Waals surface area contributed by atoms with Gasteiger partial charge in [-0.05, 0) is 23.8 Å². The first-order valence-corrected chi connectivity index (χ1v) is 6.12. The van der Waals surface area contributed by atoms with E-state index in [2.05, 4.69) is 16.5 Å². The van der Waals surface area contributed by atoms with Gasteiger partial charge in [0.1, 0.15) is 0 Å². The normalized spacial score (nSPS) is 13.0. The zero-order valence-electron chi connectivity index (χ0n) is 8.59. The van der Waals surface area contributed by atoms with E-state index in [-0.39, 0.29) is 0 Å². The van der Waals surface area contributed by atoms with Crippen LogP contribution < -0.4 is 0 Å². The second-order valence-electron chi connectivity index (χ2n) is 3.52. The fraction of sp³-hybridized carbons (Fsp3) is 0.700. The molecule has 0 spiro atoms. The minimum absolute atomic E-state index is 0.300. The highest BCUT2D eigenvalue weighted by atomic mass is 32.2. The number of rotatable bonds is 7. The van der Waals surface area contributed by atoms with Gasteiger partial charge < -0.3 is 9.67 Å². The molecule has 0 aliphatic carbocycles. The van der Waals surface area contributed by atoms with E-state index in [1.54, 1.807) is 6.20 Å². The van der Waals surface area contributed by atoms with Crippen LogP contribution in [0.4, 0.5) is 0 Å². The highest BCUT2D eigenvalue weighted by molar-refractivity contribution is 7.99. The van der Waals surface area contributed by atoms with E-state index in [1.807, 2.05) is 24.3 Å². The molecule has 0 aliphatic rings. The summed E-state index contributed by atoms with van der Waals surface area (Å²) in [5.41, 5.74) is 0.